The largest absolute Gasteiger partial charge is 0.371 e. The molecule has 0 amide bonds. The minimum absolute atomic E-state index is 0.564. The van der Waals surface area contributed by atoms with E-state index in [0.717, 1.165) is 68.4 Å². The lowest BCUT2D eigenvalue weighted by molar-refractivity contribution is 0.409. The van der Waals surface area contributed by atoms with Gasteiger partial charge in [0, 0.05) is 49.5 Å². The molecule has 0 bridgehead atoms. The van der Waals surface area contributed by atoms with Gasteiger partial charge >= 0.3 is 0 Å². The Kier molecular flexibility index (Phi) is 4.97. The molecule has 25 heavy (non-hydrogen) atoms. The summed E-state index contributed by atoms with van der Waals surface area (Å²) in [5, 5.41) is 12.6. The number of nitrogens with one attached hydrogen (secondary N) is 2. The van der Waals surface area contributed by atoms with Crippen LogP contribution in [0.15, 0.2) is 24.3 Å². The quantitative estimate of drug-likeness (QED) is 0.881. The van der Waals surface area contributed by atoms with Gasteiger partial charge in [-0.15, -0.1) is 0 Å². The third-order valence-electron chi connectivity index (χ3n) is 5.31. The fourth-order valence-corrected chi connectivity index (χ4v) is 3.88. The zero-order valence-corrected chi connectivity index (χ0v) is 15.5. The Hall–Kier alpha value is -1.56. The van der Waals surface area contributed by atoms with Crippen LogP contribution in [0, 0.1) is 6.92 Å². The molecule has 0 spiro atoms. The molecule has 3 heterocycles. The van der Waals surface area contributed by atoms with Crippen LogP contribution in [-0.2, 0) is 19.6 Å². The Bertz CT molecular complexity index is 710. The SMILES string of the molecule is Cc1ccc(N2CCC(NCc3cc4n(n3)CCNC4)CC2)cc1Cl. The predicted molar refractivity (Wildman–Crippen MR) is 102 cm³/mol. The average Bonchev–Trinajstić information content (AvgIpc) is 3.06. The Morgan fingerprint density at radius 3 is 2.84 bits per heavy atom. The summed E-state index contributed by atoms with van der Waals surface area (Å²) < 4.78 is 2.14. The highest BCUT2D eigenvalue weighted by molar-refractivity contribution is 6.31. The van der Waals surface area contributed by atoms with Gasteiger partial charge in [-0.05, 0) is 43.5 Å². The number of halogens is 1. The summed E-state index contributed by atoms with van der Waals surface area (Å²) in [6.07, 6.45) is 2.31. The van der Waals surface area contributed by atoms with Crippen molar-refractivity contribution in [1.82, 2.24) is 20.4 Å². The van der Waals surface area contributed by atoms with Gasteiger partial charge in [-0.1, -0.05) is 17.7 Å². The van der Waals surface area contributed by atoms with E-state index in [-0.39, 0.29) is 0 Å². The first-order chi connectivity index (χ1) is 12.2. The molecule has 5 nitrogen and oxygen atoms in total. The highest BCUT2D eigenvalue weighted by Crippen LogP contribution is 2.25. The number of hydrogen-bond donors (Lipinski definition) is 2. The number of piperidine rings is 1. The van der Waals surface area contributed by atoms with Gasteiger partial charge in [0.1, 0.15) is 0 Å². The fourth-order valence-electron chi connectivity index (χ4n) is 3.71. The molecule has 1 saturated heterocycles. The van der Waals surface area contributed by atoms with E-state index >= 15 is 0 Å². The lowest BCUT2D eigenvalue weighted by Gasteiger charge is -2.34. The van der Waals surface area contributed by atoms with Crippen LogP contribution in [0.1, 0.15) is 29.8 Å². The summed E-state index contributed by atoms with van der Waals surface area (Å²) >= 11 is 6.27. The highest BCUT2D eigenvalue weighted by Gasteiger charge is 2.20. The van der Waals surface area contributed by atoms with Crippen molar-refractivity contribution in [1.29, 1.82) is 0 Å². The molecule has 4 rings (SSSR count). The highest BCUT2D eigenvalue weighted by atomic mass is 35.5. The number of rotatable bonds is 4. The Morgan fingerprint density at radius 1 is 1.24 bits per heavy atom. The summed E-state index contributed by atoms with van der Waals surface area (Å²) in [6, 6.07) is 9.17. The molecule has 2 aromatic rings. The summed E-state index contributed by atoms with van der Waals surface area (Å²) in [6.45, 7) is 7.98. The van der Waals surface area contributed by atoms with E-state index in [2.05, 4.69) is 44.5 Å². The van der Waals surface area contributed by atoms with Crippen molar-refractivity contribution < 1.29 is 0 Å². The summed E-state index contributed by atoms with van der Waals surface area (Å²) in [5.74, 6) is 0. The number of anilines is 1. The summed E-state index contributed by atoms with van der Waals surface area (Å²) in [7, 11) is 0. The van der Waals surface area contributed by atoms with Crippen LogP contribution >= 0.6 is 11.6 Å². The second-order valence-electron chi connectivity index (χ2n) is 7.10. The molecular formula is C19H26ClN5. The maximum Gasteiger partial charge on any atom is 0.0765 e. The van der Waals surface area contributed by atoms with Gasteiger partial charge in [-0.25, -0.2) is 0 Å². The summed E-state index contributed by atoms with van der Waals surface area (Å²) in [4.78, 5) is 2.44. The first kappa shape index (κ1) is 16.9. The van der Waals surface area contributed by atoms with Gasteiger partial charge in [0.05, 0.1) is 17.9 Å². The molecule has 0 saturated carbocycles. The van der Waals surface area contributed by atoms with Crippen LogP contribution in [0.5, 0.6) is 0 Å². The van der Waals surface area contributed by atoms with Crippen molar-refractivity contribution in [3.05, 3.63) is 46.2 Å². The van der Waals surface area contributed by atoms with E-state index < -0.39 is 0 Å². The van der Waals surface area contributed by atoms with Gasteiger partial charge in [0.2, 0.25) is 0 Å². The van der Waals surface area contributed by atoms with Crippen molar-refractivity contribution in [2.45, 2.75) is 45.4 Å². The first-order valence-corrected chi connectivity index (χ1v) is 9.57. The predicted octanol–water partition coefficient (Wildman–Crippen LogP) is 2.71. The molecular weight excluding hydrogens is 334 g/mol. The molecule has 2 N–H and O–H groups in total. The molecule has 6 heteroatoms. The summed E-state index contributed by atoms with van der Waals surface area (Å²) in [5.41, 5.74) is 4.84. The van der Waals surface area contributed by atoms with Gasteiger partial charge in [0.25, 0.3) is 0 Å². The number of aryl methyl sites for hydroxylation is 1. The molecule has 134 valence electrons. The minimum atomic E-state index is 0.564. The normalized spacial score (nSPS) is 18.4. The van der Waals surface area contributed by atoms with Crippen LogP contribution in [-0.4, -0.2) is 35.5 Å². The van der Waals surface area contributed by atoms with Crippen LogP contribution in [0.25, 0.3) is 0 Å². The van der Waals surface area contributed by atoms with Crippen molar-refractivity contribution >= 4 is 17.3 Å². The second kappa shape index (κ2) is 7.36. The molecule has 0 aliphatic carbocycles. The van der Waals surface area contributed by atoms with Crippen LogP contribution in [0.4, 0.5) is 5.69 Å². The lowest BCUT2D eigenvalue weighted by Crippen LogP contribution is -2.42. The monoisotopic (exact) mass is 359 g/mol. The van der Waals surface area contributed by atoms with Gasteiger partial charge < -0.3 is 15.5 Å². The van der Waals surface area contributed by atoms with Crippen molar-refractivity contribution in [2.75, 3.05) is 24.5 Å². The van der Waals surface area contributed by atoms with Crippen molar-refractivity contribution in [3.63, 3.8) is 0 Å². The molecule has 2 aliphatic heterocycles. The average molecular weight is 360 g/mol. The topological polar surface area (TPSA) is 45.1 Å². The fraction of sp³-hybridized carbons (Fsp3) is 0.526. The first-order valence-electron chi connectivity index (χ1n) is 9.20. The van der Waals surface area contributed by atoms with Crippen molar-refractivity contribution in [2.24, 2.45) is 0 Å². The maximum absolute atomic E-state index is 6.27. The number of fused-ring (bicyclic) bond motifs is 1. The van der Waals surface area contributed by atoms with Gasteiger partial charge in [-0.3, -0.25) is 4.68 Å². The number of aromatic nitrogens is 2. The van der Waals surface area contributed by atoms with E-state index in [1.807, 2.05) is 6.92 Å². The van der Waals surface area contributed by atoms with Gasteiger partial charge in [0.15, 0.2) is 0 Å². The third-order valence-corrected chi connectivity index (χ3v) is 5.71. The van der Waals surface area contributed by atoms with E-state index in [0.29, 0.717) is 6.04 Å². The van der Waals surface area contributed by atoms with E-state index in [9.17, 15) is 0 Å². The molecule has 0 atom stereocenters. The second-order valence-corrected chi connectivity index (χ2v) is 7.51. The standard InChI is InChI=1S/C19H26ClN5/c1-14-2-3-17(11-19(14)20)24-7-4-15(5-8-24)22-12-16-10-18-13-21-6-9-25(18)23-16/h2-3,10-11,15,21-22H,4-9,12-13H2,1H3. The van der Waals surface area contributed by atoms with Crippen molar-refractivity contribution in [3.8, 4) is 0 Å². The smallest absolute Gasteiger partial charge is 0.0765 e. The molecule has 0 unspecified atom stereocenters. The van der Waals surface area contributed by atoms with E-state index in [1.54, 1.807) is 0 Å². The Labute approximate surface area is 154 Å². The van der Waals surface area contributed by atoms with Crippen LogP contribution in [0.2, 0.25) is 5.02 Å². The number of hydrogen-bond acceptors (Lipinski definition) is 4. The zero-order valence-electron chi connectivity index (χ0n) is 14.8. The minimum Gasteiger partial charge on any atom is -0.371 e. The Morgan fingerprint density at radius 2 is 2.08 bits per heavy atom. The number of benzene rings is 1. The molecule has 1 aromatic heterocycles. The Balaban J connectivity index is 1.28. The van der Waals surface area contributed by atoms with E-state index in [1.165, 1.54) is 11.4 Å². The molecule has 2 aliphatic rings. The van der Waals surface area contributed by atoms with Crippen LogP contribution < -0.4 is 15.5 Å². The molecule has 0 radical (unpaired) electrons. The van der Waals surface area contributed by atoms with Crippen LogP contribution in [0.3, 0.4) is 0 Å². The number of nitrogens with zero attached hydrogens (tertiary/aromatic N) is 3. The van der Waals surface area contributed by atoms with E-state index in [4.69, 9.17) is 16.7 Å². The third kappa shape index (κ3) is 3.84. The van der Waals surface area contributed by atoms with Gasteiger partial charge in [-0.2, -0.15) is 5.10 Å². The lowest BCUT2D eigenvalue weighted by atomic mass is 10.0. The molecule has 1 aromatic carbocycles. The maximum atomic E-state index is 6.27. The zero-order chi connectivity index (χ0) is 17.2. The molecule has 1 fully saturated rings.